The van der Waals surface area contributed by atoms with E-state index in [1.807, 2.05) is 19.1 Å². The second-order valence-electron chi connectivity index (χ2n) is 3.68. The number of rotatable bonds is 7. The van der Waals surface area contributed by atoms with Crippen molar-refractivity contribution in [3.8, 4) is 5.75 Å². The molecule has 17 heavy (non-hydrogen) atoms. The van der Waals surface area contributed by atoms with E-state index >= 15 is 0 Å². The number of halogens is 2. The third-order valence-electron chi connectivity index (χ3n) is 2.11. The first-order valence-electron chi connectivity index (χ1n) is 5.57. The molecule has 0 spiro atoms. The highest BCUT2D eigenvalue weighted by atomic mass is 35.5. The first-order chi connectivity index (χ1) is 8.17. The van der Waals surface area contributed by atoms with E-state index in [0.29, 0.717) is 23.9 Å². The number of anilines is 1. The lowest BCUT2D eigenvalue weighted by Gasteiger charge is -2.12. The van der Waals surface area contributed by atoms with Gasteiger partial charge in [-0.3, -0.25) is 0 Å². The highest BCUT2D eigenvalue weighted by Crippen LogP contribution is 2.27. The van der Waals surface area contributed by atoms with Crippen LogP contribution in [0.1, 0.15) is 13.3 Å². The van der Waals surface area contributed by atoms with Crippen LogP contribution in [0.4, 0.5) is 5.69 Å². The molecule has 1 aromatic carbocycles. The maximum atomic E-state index is 9.31. The van der Waals surface area contributed by atoms with E-state index in [0.717, 1.165) is 12.1 Å². The standard InChI is InChI=1S/C12H17Cl2NO2/c1-2-5-17-12-4-3-9(6-11(12)14)15-8-10(16)7-13/h3-4,6,10,15-16H,2,5,7-8H2,1H3. The van der Waals surface area contributed by atoms with Gasteiger partial charge in [0.15, 0.2) is 0 Å². The Kier molecular flexibility index (Phi) is 6.48. The van der Waals surface area contributed by atoms with Crippen LogP contribution in [0.3, 0.4) is 0 Å². The van der Waals surface area contributed by atoms with Crippen molar-refractivity contribution in [1.82, 2.24) is 0 Å². The zero-order valence-electron chi connectivity index (χ0n) is 9.75. The predicted octanol–water partition coefficient (Wildman–Crippen LogP) is 3.14. The van der Waals surface area contributed by atoms with Crippen LogP contribution in [-0.4, -0.2) is 30.2 Å². The minimum atomic E-state index is -0.563. The molecule has 2 N–H and O–H groups in total. The Morgan fingerprint density at radius 1 is 1.47 bits per heavy atom. The summed E-state index contributed by atoms with van der Waals surface area (Å²) in [6, 6.07) is 5.44. The summed E-state index contributed by atoms with van der Waals surface area (Å²) < 4.78 is 5.46. The number of hydrogen-bond donors (Lipinski definition) is 2. The third-order valence-corrected chi connectivity index (χ3v) is 2.77. The van der Waals surface area contributed by atoms with Gasteiger partial charge in [0.25, 0.3) is 0 Å². The van der Waals surface area contributed by atoms with Crippen molar-refractivity contribution in [3.63, 3.8) is 0 Å². The van der Waals surface area contributed by atoms with Crippen molar-refractivity contribution >= 4 is 28.9 Å². The first kappa shape index (κ1) is 14.4. The number of hydrogen-bond acceptors (Lipinski definition) is 3. The van der Waals surface area contributed by atoms with Gasteiger partial charge in [-0.2, -0.15) is 0 Å². The number of alkyl halides is 1. The maximum absolute atomic E-state index is 9.31. The van der Waals surface area contributed by atoms with Crippen LogP contribution >= 0.6 is 23.2 Å². The number of ether oxygens (including phenoxy) is 1. The molecule has 0 aliphatic heterocycles. The fourth-order valence-corrected chi connectivity index (χ4v) is 1.57. The van der Waals surface area contributed by atoms with E-state index in [1.54, 1.807) is 6.07 Å². The lowest BCUT2D eigenvalue weighted by molar-refractivity contribution is 0.211. The Morgan fingerprint density at radius 2 is 2.24 bits per heavy atom. The highest BCUT2D eigenvalue weighted by Gasteiger charge is 2.05. The summed E-state index contributed by atoms with van der Waals surface area (Å²) in [6.45, 7) is 3.09. The number of aliphatic hydroxyl groups is 1. The molecular weight excluding hydrogens is 261 g/mol. The van der Waals surface area contributed by atoms with Gasteiger partial charge < -0.3 is 15.2 Å². The smallest absolute Gasteiger partial charge is 0.138 e. The van der Waals surface area contributed by atoms with Gasteiger partial charge in [0.05, 0.1) is 23.6 Å². The first-order valence-corrected chi connectivity index (χ1v) is 6.48. The van der Waals surface area contributed by atoms with Crippen molar-refractivity contribution in [2.24, 2.45) is 0 Å². The number of benzene rings is 1. The van der Waals surface area contributed by atoms with Crippen LogP contribution < -0.4 is 10.1 Å². The molecule has 0 saturated heterocycles. The Morgan fingerprint density at radius 3 is 2.82 bits per heavy atom. The van der Waals surface area contributed by atoms with Gasteiger partial charge in [-0.25, -0.2) is 0 Å². The number of aliphatic hydroxyl groups excluding tert-OH is 1. The fourth-order valence-electron chi connectivity index (χ4n) is 1.23. The highest BCUT2D eigenvalue weighted by molar-refractivity contribution is 6.32. The van der Waals surface area contributed by atoms with Crippen molar-refractivity contribution in [3.05, 3.63) is 23.2 Å². The summed E-state index contributed by atoms with van der Waals surface area (Å²) in [5.41, 5.74) is 0.836. The molecular formula is C12H17Cl2NO2. The van der Waals surface area contributed by atoms with Crippen LogP contribution in [0, 0.1) is 0 Å². The summed E-state index contributed by atoms with van der Waals surface area (Å²) in [6.07, 6.45) is 0.379. The lowest BCUT2D eigenvalue weighted by Crippen LogP contribution is -2.20. The van der Waals surface area contributed by atoms with Gasteiger partial charge in [-0.15, -0.1) is 11.6 Å². The molecule has 0 aromatic heterocycles. The summed E-state index contributed by atoms with van der Waals surface area (Å²) in [5, 5.41) is 12.9. The molecule has 0 amide bonds. The molecule has 3 nitrogen and oxygen atoms in total. The average Bonchev–Trinajstić information content (AvgIpc) is 2.34. The molecule has 0 saturated carbocycles. The minimum Gasteiger partial charge on any atom is -0.492 e. The molecule has 1 rings (SSSR count). The average molecular weight is 278 g/mol. The van der Waals surface area contributed by atoms with E-state index in [2.05, 4.69) is 5.32 Å². The SMILES string of the molecule is CCCOc1ccc(NCC(O)CCl)cc1Cl. The van der Waals surface area contributed by atoms with Gasteiger partial charge in [-0.05, 0) is 24.6 Å². The molecule has 0 radical (unpaired) electrons. The minimum absolute atomic E-state index is 0.207. The van der Waals surface area contributed by atoms with Gasteiger partial charge in [0.2, 0.25) is 0 Å². The van der Waals surface area contributed by atoms with Crippen LogP contribution in [0.25, 0.3) is 0 Å². The molecule has 0 heterocycles. The lowest BCUT2D eigenvalue weighted by atomic mass is 10.3. The molecule has 0 aliphatic carbocycles. The topological polar surface area (TPSA) is 41.5 Å². The predicted molar refractivity (Wildman–Crippen MR) is 72.5 cm³/mol. The van der Waals surface area contributed by atoms with Crippen LogP contribution in [-0.2, 0) is 0 Å². The van der Waals surface area contributed by atoms with Crippen LogP contribution in [0.2, 0.25) is 5.02 Å². The summed E-state index contributed by atoms with van der Waals surface area (Å²) >= 11 is 11.6. The van der Waals surface area contributed by atoms with Crippen LogP contribution in [0.15, 0.2) is 18.2 Å². The van der Waals surface area contributed by atoms with Gasteiger partial charge in [0.1, 0.15) is 5.75 Å². The summed E-state index contributed by atoms with van der Waals surface area (Å²) in [4.78, 5) is 0. The quantitative estimate of drug-likeness (QED) is 0.753. The second-order valence-corrected chi connectivity index (χ2v) is 4.40. The molecule has 1 atom stereocenters. The third kappa shape index (κ3) is 5.02. The van der Waals surface area contributed by atoms with E-state index in [-0.39, 0.29) is 5.88 Å². The molecule has 96 valence electrons. The molecule has 0 aliphatic rings. The largest absolute Gasteiger partial charge is 0.492 e. The van der Waals surface area contributed by atoms with E-state index in [9.17, 15) is 5.11 Å². The zero-order valence-corrected chi connectivity index (χ0v) is 11.3. The Labute approximate surface area is 112 Å². The molecule has 1 unspecified atom stereocenters. The van der Waals surface area contributed by atoms with E-state index in [1.165, 1.54) is 0 Å². The Bertz CT molecular complexity index is 347. The Balaban J connectivity index is 2.55. The van der Waals surface area contributed by atoms with E-state index < -0.39 is 6.10 Å². The molecule has 0 bridgehead atoms. The Hall–Kier alpha value is -0.640. The summed E-state index contributed by atoms with van der Waals surface area (Å²) in [7, 11) is 0. The van der Waals surface area contributed by atoms with Crippen molar-refractivity contribution < 1.29 is 9.84 Å². The van der Waals surface area contributed by atoms with Crippen molar-refractivity contribution in [2.75, 3.05) is 24.3 Å². The second kappa shape index (κ2) is 7.64. The fraction of sp³-hybridized carbons (Fsp3) is 0.500. The molecule has 0 fully saturated rings. The van der Waals surface area contributed by atoms with Crippen molar-refractivity contribution in [2.45, 2.75) is 19.4 Å². The van der Waals surface area contributed by atoms with Crippen molar-refractivity contribution in [1.29, 1.82) is 0 Å². The van der Waals surface area contributed by atoms with E-state index in [4.69, 9.17) is 27.9 Å². The van der Waals surface area contributed by atoms with Gasteiger partial charge in [-0.1, -0.05) is 18.5 Å². The monoisotopic (exact) mass is 277 g/mol. The maximum Gasteiger partial charge on any atom is 0.138 e. The number of nitrogens with one attached hydrogen (secondary N) is 1. The molecule has 5 heteroatoms. The summed E-state index contributed by atoms with van der Waals surface area (Å²) in [5.74, 6) is 0.885. The molecule has 1 aromatic rings. The van der Waals surface area contributed by atoms with Gasteiger partial charge in [0, 0.05) is 12.2 Å². The normalized spacial score (nSPS) is 12.2. The zero-order chi connectivity index (χ0) is 12.7. The van der Waals surface area contributed by atoms with Gasteiger partial charge >= 0.3 is 0 Å². The van der Waals surface area contributed by atoms with Crippen LogP contribution in [0.5, 0.6) is 5.75 Å².